The first kappa shape index (κ1) is 12.1. The molecule has 1 N–H and O–H groups in total. The average Bonchev–Trinajstić information content (AvgIpc) is 3.01. The number of allylic oxidation sites excluding steroid dienone is 1. The molecule has 2 bridgehead atoms. The van der Waals surface area contributed by atoms with Crippen molar-refractivity contribution in [3.63, 3.8) is 0 Å². The van der Waals surface area contributed by atoms with Crippen molar-refractivity contribution in [3.05, 3.63) is 35.9 Å². The van der Waals surface area contributed by atoms with E-state index in [0.717, 1.165) is 17.2 Å². The Balaban J connectivity index is 1.77. The highest BCUT2D eigenvalue weighted by atomic mass is 32.2. The quantitative estimate of drug-likeness (QED) is 0.919. The van der Waals surface area contributed by atoms with Gasteiger partial charge in [-0.1, -0.05) is 36.8 Å². The lowest BCUT2D eigenvalue weighted by atomic mass is 9.90. The maximum absolute atomic E-state index is 4.13. The molecule has 0 spiro atoms. The predicted molar refractivity (Wildman–Crippen MR) is 81.2 cm³/mol. The van der Waals surface area contributed by atoms with Crippen LogP contribution in [0.2, 0.25) is 0 Å². The summed E-state index contributed by atoms with van der Waals surface area (Å²) in [5.74, 6) is 0.685. The highest BCUT2D eigenvalue weighted by Crippen LogP contribution is 2.44. The monoisotopic (exact) mass is 284 g/mol. The molecule has 2 aliphatic heterocycles. The first-order valence-electron chi connectivity index (χ1n) is 7.09. The van der Waals surface area contributed by atoms with Crippen LogP contribution in [0.1, 0.15) is 31.2 Å². The van der Waals surface area contributed by atoms with Gasteiger partial charge in [-0.15, -0.1) is 10.2 Å². The Bertz CT molecular complexity index is 635. The summed E-state index contributed by atoms with van der Waals surface area (Å²) in [7, 11) is 0. The zero-order chi connectivity index (χ0) is 13.4. The second kappa shape index (κ2) is 5.05. The Hall–Kier alpha value is -1.62. The summed E-state index contributed by atoms with van der Waals surface area (Å²) in [5, 5.41) is 16.0. The highest BCUT2D eigenvalue weighted by molar-refractivity contribution is 8.00. The molecule has 3 heterocycles. The summed E-state index contributed by atoms with van der Waals surface area (Å²) < 4.78 is 0. The lowest BCUT2D eigenvalue weighted by Gasteiger charge is -2.33. The van der Waals surface area contributed by atoms with Crippen LogP contribution >= 0.6 is 11.8 Å². The molecule has 4 nitrogen and oxygen atoms in total. The molecule has 0 aliphatic carbocycles. The zero-order valence-electron chi connectivity index (χ0n) is 11.1. The fourth-order valence-corrected chi connectivity index (χ4v) is 4.79. The minimum Gasteiger partial charge on any atom is -0.177 e. The van der Waals surface area contributed by atoms with Crippen LogP contribution in [-0.4, -0.2) is 31.1 Å². The van der Waals surface area contributed by atoms with Crippen LogP contribution in [-0.2, 0) is 0 Å². The van der Waals surface area contributed by atoms with Crippen LogP contribution in [0.4, 0.5) is 0 Å². The molecule has 102 valence electrons. The molecule has 1 aromatic heterocycles. The Morgan fingerprint density at radius 2 is 2.05 bits per heavy atom. The molecule has 0 amide bonds. The molecule has 2 aliphatic rings. The molecule has 1 fully saturated rings. The Morgan fingerprint density at radius 1 is 1.15 bits per heavy atom. The second-order valence-electron chi connectivity index (χ2n) is 5.40. The third kappa shape index (κ3) is 2.16. The van der Waals surface area contributed by atoms with Gasteiger partial charge in [-0.3, -0.25) is 0 Å². The Morgan fingerprint density at radius 3 is 2.85 bits per heavy atom. The molecule has 2 aromatic rings. The van der Waals surface area contributed by atoms with Gasteiger partial charge in [0.15, 0.2) is 0 Å². The molecule has 2 unspecified atom stereocenters. The van der Waals surface area contributed by atoms with Crippen LogP contribution in [0.3, 0.4) is 0 Å². The van der Waals surface area contributed by atoms with E-state index < -0.39 is 0 Å². The van der Waals surface area contributed by atoms with E-state index >= 15 is 0 Å². The molecule has 2 atom stereocenters. The SMILES string of the molecule is C1=C(c2ccccc2-c2nn[nH]n2)CC2CCCC1S2. The molecular weight excluding hydrogens is 268 g/mol. The molecule has 5 heteroatoms. The number of H-pyrrole nitrogens is 1. The number of rotatable bonds is 2. The normalized spacial score (nSPS) is 25.3. The third-order valence-corrected chi connectivity index (χ3v) is 5.58. The third-order valence-electron chi connectivity index (χ3n) is 4.08. The van der Waals surface area contributed by atoms with Crippen LogP contribution < -0.4 is 0 Å². The summed E-state index contributed by atoms with van der Waals surface area (Å²) in [6, 6.07) is 8.40. The van der Waals surface area contributed by atoms with Crippen LogP contribution in [0.5, 0.6) is 0 Å². The number of tetrazole rings is 1. The summed E-state index contributed by atoms with van der Waals surface area (Å²) in [6.45, 7) is 0. The van der Waals surface area contributed by atoms with Crippen LogP contribution in [0, 0.1) is 0 Å². The largest absolute Gasteiger partial charge is 0.205 e. The summed E-state index contributed by atoms with van der Waals surface area (Å²) >= 11 is 2.15. The van der Waals surface area contributed by atoms with Gasteiger partial charge in [-0.05, 0) is 35.6 Å². The Kier molecular flexibility index (Phi) is 3.07. The second-order valence-corrected chi connectivity index (χ2v) is 6.95. The number of nitrogens with one attached hydrogen (secondary N) is 1. The van der Waals surface area contributed by atoms with Crippen LogP contribution in [0.15, 0.2) is 30.3 Å². The van der Waals surface area contributed by atoms with Crippen molar-refractivity contribution < 1.29 is 0 Å². The van der Waals surface area contributed by atoms with Gasteiger partial charge in [-0.25, -0.2) is 0 Å². The van der Waals surface area contributed by atoms with E-state index in [9.17, 15) is 0 Å². The lowest BCUT2D eigenvalue weighted by molar-refractivity contribution is 0.630. The molecular formula is C15H16N4S. The van der Waals surface area contributed by atoms with Crippen molar-refractivity contribution in [1.82, 2.24) is 20.6 Å². The van der Waals surface area contributed by atoms with Gasteiger partial charge in [0.05, 0.1) is 0 Å². The first-order chi connectivity index (χ1) is 9.90. The number of hydrogen-bond acceptors (Lipinski definition) is 4. The maximum atomic E-state index is 4.13. The first-order valence-corrected chi connectivity index (χ1v) is 8.04. The number of nitrogens with zero attached hydrogens (tertiary/aromatic N) is 3. The zero-order valence-corrected chi connectivity index (χ0v) is 11.9. The summed E-state index contributed by atoms with van der Waals surface area (Å²) in [4.78, 5) is 0. The number of aromatic nitrogens is 4. The van der Waals surface area contributed by atoms with Gasteiger partial charge in [0.1, 0.15) is 0 Å². The maximum Gasteiger partial charge on any atom is 0.205 e. The van der Waals surface area contributed by atoms with E-state index in [0.29, 0.717) is 11.1 Å². The fraction of sp³-hybridized carbons (Fsp3) is 0.400. The number of fused-ring (bicyclic) bond motifs is 2. The molecule has 0 radical (unpaired) electrons. The van der Waals surface area contributed by atoms with E-state index in [-0.39, 0.29) is 0 Å². The van der Waals surface area contributed by atoms with E-state index in [2.05, 4.69) is 56.7 Å². The van der Waals surface area contributed by atoms with Gasteiger partial charge in [-0.2, -0.15) is 17.0 Å². The Labute approximate surface area is 122 Å². The van der Waals surface area contributed by atoms with Crippen molar-refractivity contribution in [1.29, 1.82) is 0 Å². The smallest absolute Gasteiger partial charge is 0.177 e. The van der Waals surface area contributed by atoms with E-state index in [1.807, 2.05) is 6.07 Å². The number of hydrogen-bond donors (Lipinski definition) is 1. The van der Waals surface area contributed by atoms with Gasteiger partial charge in [0.25, 0.3) is 0 Å². The number of thioether (sulfide) groups is 1. The molecule has 20 heavy (non-hydrogen) atoms. The van der Waals surface area contributed by atoms with E-state index in [1.54, 1.807) is 0 Å². The predicted octanol–water partition coefficient (Wildman–Crippen LogP) is 3.31. The van der Waals surface area contributed by atoms with Crippen molar-refractivity contribution in [2.24, 2.45) is 0 Å². The average molecular weight is 284 g/mol. The lowest BCUT2D eigenvalue weighted by Crippen LogP contribution is -2.21. The topological polar surface area (TPSA) is 54.5 Å². The van der Waals surface area contributed by atoms with Crippen molar-refractivity contribution in [2.45, 2.75) is 36.2 Å². The van der Waals surface area contributed by atoms with Gasteiger partial charge in [0.2, 0.25) is 5.82 Å². The van der Waals surface area contributed by atoms with Crippen molar-refractivity contribution in [2.75, 3.05) is 0 Å². The highest BCUT2D eigenvalue weighted by Gasteiger charge is 2.28. The molecule has 4 rings (SSSR count). The molecule has 0 saturated carbocycles. The van der Waals surface area contributed by atoms with Crippen molar-refractivity contribution >= 4 is 17.3 Å². The summed E-state index contributed by atoms with van der Waals surface area (Å²) in [5.41, 5.74) is 3.81. The molecule has 1 aromatic carbocycles. The van der Waals surface area contributed by atoms with Crippen molar-refractivity contribution in [3.8, 4) is 11.4 Å². The van der Waals surface area contributed by atoms with Crippen LogP contribution in [0.25, 0.3) is 17.0 Å². The van der Waals surface area contributed by atoms with E-state index in [4.69, 9.17) is 0 Å². The van der Waals surface area contributed by atoms with Gasteiger partial charge < -0.3 is 0 Å². The summed E-state index contributed by atoms with van der Waals surface area (Å²) in [6.07, 6.45) is 7.66. The number of aromatic amines is 1. The van der Waals surface area contributed by atoms with E-state index in [1.165, 1.54) is 30.4 Å². The minimum absolute atomic E-state index is 0.685. The van der Waals surface area contributed by atoms with Gasteiger partial charge >= 0.3 is 0 Å². The fourth-order valence-electron chi connectivity index (χ4n) is 3.17. The number of benzene rings is 1. The molecule has 1 saturated heterocycles. The minimum atomic E-state index is 0.685. The standard InChI is InChI=1S/C15H16N4S/c1-2-7-14(15-16-18-19-17-15)13(6-1)10-8-11-4-3-5-12(9-10)20-11/h1-2,6-8,11-12H,3-5,9H2,(H,16,17,18,19). The van der Waals surface area contributed by atoms with Gasteiger partial charge in [0, 0.05) is 16.1 Å².